The molecule has 1 aliphatic heterocycles. The summed E-state index contributed by atoms with van der Waals surface area (Å²) in [5.74, 6) is 1.12. The Balaban J connectivity index is 0.000000771. The van der Waals surface area contributed by atoms with E-state index in [9.17, 15) is 0 Å². The molecule has 18 heavy (non-hydrogen) atoms. The minimum absolute atomic E-state index is 0.660. The summed E-state index contributed by atoms with van der Waals surface area (Å²) in [6.07, 6.45) is 1.95. The first-order chi connectivity index (χ1) is 8.66. The van der Waals surface area contributed by atoms with Crippen LogP contribution in [0.15, 0.2) is 18.3 Å². The summed E-state index contributed by atoms with van der Waals surface area (Å²) in [4.78, 5) is 9.37. The maximum atomic E-state index is 4.48. The number of pyridine rings is 1. The summed E-state index contributed by atoms with van der Waals surface area (Å²) < 4.78 is 0. The van der Waals surface area contributed by atoms with Gasteiger partial charge in [-0.3, -0.25) is 4.90 Å². The average molecular weight is 249 g/mol. The van der Waals surface area contributed by atoms with Crippen LogP contribution in [-0.4, -0.2) is 42.1 Å². The number of aromatic nitrogens is 1. The van der Waals surface area contributed by atoms with Crippen molar-refractivity contribution < 1.29 is 0 Å². The molecule has 1 aromatic heterocycles. The molecule has 0 aromatic carbocycles. The molecule has 0 spiro atoms. The fourth-order valence-electron chi connectivity index (χ4n) is 2.11. The van der Waals surface area contributed by atoms with Gasteiger partial charge in [0.2, 0.25) is 0 Å². The quantitative estimate of drug-likeness (QED) is 0.803. The van der Waals surface area contributed by atoms with Crippen molar-refractivity contribution in [1.29, 1.82) is 0 Å². The smallest absolute Gasteiger partial charge is 0.128 e. The highest BCUT2D eigenvalue weighted by Crippen LogP contribution is 2.14. The Bertz CT molecular complexity index is 324. The first kappa shape index (κ1) is 15.0. The maximum Gasteiger partial charge on any atom is 0.128 e. The zero-order valence-corrected chi connectivity index (χ0v) is 12.5. The Morgan fingerprint density at radius 1 is 1.06 bits per heavy atom. The van der Waals surface area contributed by atoms with Gasteiger partial charge in [-0.25, -0.2) is 4.98 Å². The molecule has 0 N–H and O–H groups in total. The SMILES string of the molecule is CC.Cc1ccc(N2CCN(C(C)C)CC2)nc1. The molecular formula is C15H27N3. The summed E-state index contributed by atoms with van der Waals surface area (Å²) in [7, 11) is 0. The lowest BCUT2D eigenvalue weighted by Crippen LogP contribution is -2.49. The molecule has 0 bridgehead atoms. The standard InChI is InChI=1S/C13H21N3.C2H6/c1-11(2)15-6-8-16(9-7-15)13-5-4-12(3)10-14-13;1-2/h4-5,10-11H,6-9H2,1-3H3;1-2H3. The van der Waals surface area contributed by atoms with Gasteiger partial charge in [0.25, 0.3) is 0 Å². The molecule has 1 aliphatic rings. The van der Waals surface area contributed by atoms with Gasteiger partial charge < -0.3 is 4.90 Å². The van der Waals surface area contributed by atoms with Crippen LogP contribution in [0.5, 0.6) is 0 Å². The Hall–Kier alpha value is -1.09. The van der Waals surface area contributed by atoms with Gasteiger partial charge in [-0.1, -0.05) is 19.9 Å². The molecular weight excluding hydrogens is 222 g/mol. The third-order valence-electron chi connectivity index (χ3n) is 3.26. The van der Waals surface area contributed by atoms with Crippen molar-refractivity contribution in [2.45, 2.75) is 40.7 Å². The molecule has 0 amide bonds. The van der Waals surface area contributed by atoms with Crippen molar-refractivity contribution in [3.8, 4) is 0 Å². The van der Waals surface area contributed by atoms with Crippen LogP contribution in [-0.2, 0) is 0 Å². The van der Waals surface area contributed by atoms with Crippen molar-refractivity contribution in [3.63, 3.8) is 0 Å². The molecule has 102 valence electrons. The lowest BCUT2D eigenvalue weighted by molar-refractivity contribution is 0.209. The average Bonchev–Trinajstić information content (AvgIpc) is 2.42. The van der Waals surface area contributed by atoms with Crippen molar-refractivity contribution in [1.82, 2.24) is 9.88 Å². The first-order valence-corrected chi connectivity index (χ1v) is 7.08. The highest BCUT2D eigenvalue weighted by atomic mass is 15.3. The largest absolute Gasteiger partial charge is 0.354 e. The summed E-state index contributed by atoms with van der Waals surface area (Å²) >= 11 is 0. The second-order valence-corrected chi connectivity index (χ2v) is 4.81. The number of aryl methyl sites for hydroxylation is 1. The van der Waals surface area contributed by atoms with Crippen LogP contribution >= 0.6 is 0 Å². The Labute approximate surface area is 112 Å². The summed E-state index contributed by atoms with van der Waals surface area (Å²) in [5, 5.41) is 0. The molecule has 1 saturated heterocycles. The molecule has 0 unspecified atom stereocenters. The highest BCUT2D eigenvalue weighted by Gasteiger charge is 2.19. The lowest BCUT2D eigenvalue weighted by Gasteiger charge is -2.37. The van der Waals surface area contributed by atoms with Crippen LogP contribution in [0.3, 0.4) is 0 Å². The van der Waals surface area contributed by atoms with Gasteiger partial charge in [-0.2, -0.15) is 0 Å². The fraction of sp³-hybridized carbons (Fsp3) is 0.667. The van der Waals surface area contributed by atoms with E-state index in [0.29, 0.717) is 6.04 Å². The zero-order valence-electron chi connectivity index (χ0n) is 12.5. The number of hydrogen-bond acceptors (Lipinski definition) is 3. The van der Waals surface area contributed by atoms with E-state index < -0.39 is 0 Å². The number of piperazine rings is 1. The lowest BCUT2D eigenvalue weighted by atomic mass is 10.2. The zero-order chi connectivity index (χ0) is 13.5. The molecule has 3 nitrogen and oxygen atoms in total. The van der Waals surface area contributed by atoms with E-state index in [4.69, 9.17) is 0 Å². The van der Waals surface area contributed by atoms with Crippen LogP contribution in [0.4, 0.5) is 5.82 Å². The van der Waals surface area contributed by atoms with Gasteiger partial charge in [0.05, 0.1) is 0 Å². The summed E-state index contributed by atoms with van der Waals surface area (Å²) in [6, 6.07) is 4.92. The van der Waals surface area contributed by atoms with Crippen LogP contribution in [0.1, 0.15) is 33.3 Å². The molecule has 0 aliphatic carbocycles. The van der Waals surface area contributed by atoms with Crippen LogP contribution < -0.4 is 4.90 Å². The van der Waals surface area contributed by atoms with Gasteiger partial charge >= 0.3 is 0 Å². The van der Waals surface area contributed by atoms with Gasteiger partial charge in [0.15, 0.2) is 0 Å². The van der Waals surface area contributed by atoms with Crippen LogP contribution in [0.2, 0.25) is 0 Å². The van der Waals surface area contributed by atoms with E-state index in [1.807, 2.05) is 20.0 Å². The van der Waals surface area contributed by atoms with Crippen LogP contribution in [0, 0.1) is 6.92 Å². The van der Waals surface area contributed by atoms with Crippen molar-refractivity contribution in [2.75, 3.05) is 31.1 Å². The third-order valence-corrected chi connectivity index (χ3v) is 3.26. The first-order valence-electron chi connectivity index (χ1n) is 7.08. The fourth-order valence-corrected chi connectivity index (χ4v) is 2.11. The van der Waals surface area contributed by atoms with Gasteiger partial charge in [0, 0.05) is 38.4 Å². The second-order valence-electron chi connectivity index (χ2n) is 4.81. The topological polar surface area (TPSA) is 19.4 Å². The summed E-state index contributed by atoms with van der Waals surface area (Å²) in [6.45, 7) is 15.1. The maximum absolute atomic E-state index is 4.48. The van der Waals surface area contributed by atoms with Crippen molar-refractivity contribution in [2.24, 2.45) is 0 Å². The molecule has 0 atom stereocenters. The predicted molar refractivity (Wildman–Crippen MR) is 79.2 cm³/mol. The van der Waals surface area contributed by atoms with Gasteiger partial charge in [-0.05, 0) is 32.4 Å². The molecule has 1 aromatic rings. The van der Waals surface area contributed by atoms with Crippen molar-refractivity contribution >= 4 is 5.82 Å². The monoisotopic (exact) mass is 249 g/mol. The molecule has 2 heterocycles. The molecule has 3 heteroatoms. The Morgan fingerprint density at radius 2 is 1.67 bits per heavy atom. The van der Waals surface area contributed by atoms with Gasteiger partial charge in [0.1, 0.15) is 5.82 Å². The molecule has 0 saturated carbocycles. The van der Waals surface area contributed by atoms with E-state index in [2.05, 4.69) is 47.7 Å². The molecule has 2 rings (SSSR count). The third kappa shape index (κ3) is 3.98. The Kier molecular flexibility index (Phi) is 6.13. The molecule has 1 fully saturated rings. The number of anilines is 1. The van der Waals surface area contributed by atoms with Crippen LogP contribution in [0.25, 0.3) is 0 Å². The van der Waals surface area contributed by atoms with E-state index in [0.717, 1.165) is 32.0 Å². The minimum atomic E-state index is 0.660. The summed E-state index contributed by atoms with van der Waals surface area (Å²) in [5.41, 5.74) is 1.23. The molecule has 0 radical (unpaired) electrons. The van der Waals surface area contributed by atoms with E-state index in [1.54, 1.807) is 0 Å². The van der Waals surface area contributed by atoms with E-state index in [1.165, 1.54) is 5.56 Å². The Morgan fingerprint density at radius 3 is 2.11 bits per heavy atom. The van der Waals surface area contributed by atoms with Crippen molar-refractivity contribution in [3.05, 3.63) is 23.9 Å². The van der Waals surface area contributed by atoms with E-state index in [-0.39, 0.29) is 0 Å². The highest BCUT2D eigenvalue weighted by molar-refractivity contribution is 5.39. The van der Waals surface area contributed by atoms with Gasteiger partial charge in [-0.15, -0.1) is 0 Å². The number of nitrogens with zero attached hydrogens (tertiary/aromatic N) is 3. The minimum Gasteiger partial charge on any atom is -0.354 e. The number of rotatable bonds is 2. The second kappa shape index (κ2) is 7.37. The number of hydrogen-bond donors (Lipinski definition) is 0. The normalized spacial score (nSPS) is 16.4. The van der Waals surface area contributed by atoms with E-state index >= 15 is 0 Å². The predicted octanol–water partition coefficient (Wildman–Crippen LogP) is 2.95.